The molecule has 1 amide bonds. The molecule has 2 aromatic rings. The second-order valence-electron chi connectivity index (χ2n) is 4.63. The number of alkyl halides is 3. The molecule has 0 bridgehead atoms. The number of hydrogen-bond acceptors (Lipinski definition) is 4. The van der Waals surface area contributed by atoms with Crippen molar-refractivity contribution in [1.82, 2.24) is 0 Å². The number of nitro groups is 1. The van der Waals surface area contributed by atoms with Crippen LogP contribution in [-0.2, 0) is 4.79 Å². The highest BCUT2D eigenvalue weighted by atomic mass is 35.6. The number of non-ortho nitro benzene ring substituents is 1. The molecule has 0 aliphatic heterocycles. The van der Waals surface area contributed by atoms with E-state index in [0.717, 1.165) is 12.1 Å². The lowest BCUT2D eigenvalue weighted by Gasteiger charge is -2.14. The molecule has 0 spiro atoms. The number of halogens is 3. The Labute approximate surface area is 151 Å². The van der Waals surface area contributed by atoms with Crippen LogP contribution in [0.15, 0.2) is 48.5 Å². The smallest absolute Gasteiger partial charge is 0.276 e. The fraction of sp³-hybridized carbons (Fsp3) is 0.0667. The van der Waals surface area contributed by atoms with E-state index >= 15 is 0 Å². The minimum Gasteiger partial charge on any atom is -0.322 e. The van der Waals surface area contributed by atoms with Gasteiger partial charge in [-0.2, -0.15) is 0 Å². The van der Waals surface area contributed by atoms with Crippen molar-refractivity contribution < 1.29 is 14.5 Å². The molecule has 0 unspecified atom stereocenters. The number of amides is 1. The van der Waals surface area contributed by atoms with Gasteiger partial charge in [-0.15, -0.1) is 0 Å². The Morgan fingerprint density at radius 1 is 1.04 bits per heavy atom. The van der Waals surface area contributed by atoms with Gasteiger partial charge >= 0.3 is 0 Å². The van der Waals surface area contributed by atoms with Gasteiger partial charge in [-0.3, -0.25) is 19.7 Å². The van der Waals surface area contributed by atoms with Crippen LogP contribution in [0.25, 0.3) is 0 Å². The largest absolute Gasteiger partial charge is 0.322 e. The van der Waals surface area contributed by atoms with Gasteiger partial charge in [0.15, 0.2) is 5.78 Å². The molecule has 0 saturated heterocycles. The summed E-state index contributed by atoms with van der Waals surface area (Å²) in [7, 11) is 0. The van der Waals surface area contributed by atoms with Crippen molar-refractivity contribution in [3.8, 4) is 0 Å². The number of rotatable bonds is 4. The van der Waals surface area contributed by atoms with Gasteiger partial charge in [0, 0.05) is 17.7 Å². The summed E-state index contributed by atoms with van der Waals surface area (Å²) in [5.74, 6) is -1.50. The third kappa shape index (κ3) is 4.23. The Morgan fingerprint density at radius 3 is 2.21 bits per heavy atom. The fourth-order valence-corrected chi connectivity index (χ4v) is 2.02. The van der Waals surface area contributed by atoms with Crippen molar-refractivity contribution in [3.63, 3.8) is 0 Å². The van der Waals surface area contributed by atoms with E-state index < -0.39 is 20.4 Å². The number of nitro benzene ring substituents is 1. The molecule has 124 valence electrons. The lowest BCUT2D eigenvalue weighted by molar-refractivity contribution is -0.384. The van der Waals surface area contributed by atoms with Crippen molar-refractivity contribution in [2.24, 2.45) is 0 Å². The molecule has 0 atom stereocenters. The van der Waals surface area contributed by atoms with Crippen molar-refractivity contribution in [1.29, 1.82) is 0 Å². The number of hydrogen-bond donors (Lipinski definition) is 1. The van der Waals surface area contributed by atoms with E-state index in [-0.39, 0.29) is 16.9 Å². The third-order valence-corrected chi connectivity index (χ3v) is 3.52. The van der Waals surface area contributed by atoms with Crippen molar-refractivity contribution in [3.05, 3.63) is 69.8 Å². The number of anilines is 1. The van der Waals surface area contributed by atoms with Crippen molar-refractivity contribution in [2.75, 3.05) is 5.32 Å². The van der Waals surface area contributed by atoms with E-state index in [4.69, 9.17) is 34.8 Å². The lowest BCUT2D eigenvalue weighted by Crippen LogP contribution is -2.27. The maximum Gasteiger partial charge on any atom is 0.276 e. The molecule has 0 fully saturated rings. The van der Waals surface area contributed by atoms with Crippen LogP contribution in [0.1, 0.15) is 15.9 Å². The van der Waals surface area contributed by atoms with E-state index in [2.05, 4.69) is 5.32 Å². The molecule has 0 aromatic heterocycles. The number of benzene rings is 2. The van der Waals surface area contributed by atoms with E-state index in [1.165, 1.54) is 6.07 Å². The predicted molar refractivity (Wildman–Crippen MR) is 91.9 cm³/mol. The zero-order valence-corrected chi connectivity index (χ0v) is 14.1. The van der Waals surface area contributed by atoms with Gasteiger partial charge in [-0.05, 0) is 6.07 Å². The SMILES string of the molecule is O=C(c1ccccc1)c1cc([N+](=O)[O-])ccc1NC(=O)C(Cl)(Cl)Cl. The van der Waals surface area contributed by atoms with Crippen molar-refractivity contribution in [2.45, 2.75) is 3.79 Å². The number of carbonyl (C=O) groups excluding carboxylic acids is 2. The van der Waals surface area contributed by atoms with Crippen LogP contribution in [0.4, 0.5) is 11.4 Å². The van der Waals surface area contributed by atoms with E-state index in [1.54, 1.807) is 30.3 Å². The average molecular weight is 388 g/mol. The highest BCUT2D eigenvalue weighted by molar-refractivity contribution is 6.76. The molecule has 9 heteroatoms. The first-order valence-corrected chi connectivity index (χ1v) is 7.60. The highest BCUT2D eigenvalue weighted by Crippen LogP contribution is 2.30. The van der Waals surface area contributed by atoms with Gasteiger partial charge < -0.3 is 5.32 Å². The topological polar surface area (TPSA) is 89.3 Å². The molecular weight excluding hydrogens is 379 g/mol. The van der Waals surface area contributed by atoms with Gasteiger partial charge in [0.25, 0.3) is 15.4 Å². The molecule has 0 aliphatic rings. The minimum absolute atomic E-state index is 0.00535. The van der Waals surface area contributed by atoms with Gasteiger partial charge in [0.05, 0.1) is 16.2 Å². The summed E-state index contributed by atoms with van der Waals surface area (Å²) < 4.78 is -2.24. The Morgan fingerprint density at radius 2 is 1.67 bits per heavy atom. The van der Waals surface area contributed by atoms with Crippen LogP contribution >= 0.6 is 34.8 Å². The average Bonchev–Trinajstić information content (AvgIpc) is 2.54. The molecule has 1 N–H and O–H groups in total. The molecule has 2 rings (SSSR count). The maximum atomic E-state index is 12.6. The lowest BCUT2D eigenvalue weighted by atomic mass is 10.0. The molecule has 0 radical (unpaired) electrons. The number of ketones is 1. The zero-order chi connectivity index (χ0) is 17.9. The van der Waals surface area contributed by atoms with Gasteiger partial charge in [-0.25, -0.2) is 0 Å². The van der Waals surface area contributed by atoms with Gasteiger partial charge in [0.1, 0.15) is 0 Å². The summed E-state index contributed by atoms with van der Waals surface area (Å²) in [5.41, 5.74) is -0.0904. The summed E-state index contributed by atoms with van der Waals surface area (Å²) in [4.78, 5) is 34.7. The molecule has 0 saturated carbocycles. The Bertz CT molecular complexity index is 804. The summed E-state index contributed by atoms with van der Waals surface area (Å²) in [6.45, 7) is 0. The van der Waals surface area contributed by atoms with Crippen LogP contribution in [0.5, 0.6) is 0 Å². The zero-order valence-electron chi connectivity index (χ0n) is 11.8. The van der Waals surface area contributed by atoms with Crippen LogP contribution in [-0.4, -0.2) is 20.4 Å². The molecule has 2 aromatic carbocycles. The normalized spacial score (nSPS) is 11.0. The fourth-order valence-electron chi connectivity index (χ4n) is 1.88. The first-order valence-electron chi connectivity index (χ1n) is 6.46. The Hall–Kier alpha value is -2.15. The molecular formula is C15H9Cl3N2O4. The second-order valence-corrected chi connectivity index (χ2v) is 6.92. The van der Waals surface area contributed by atoms with E-state index in [9.17, 15) is 19.7 Å². The summed E-state index contributed by atoms with van der Waals surface area (Å²) in [5, 5.41) is 13.2. The first kappa shape index (κ1) is 18.2. The van der Waals surface area contributed by atoms with E-state index in [1.807, 2.05) is 0 Å². The van der Waals surface area contributed by atoms with Crippen LogP contribution in [0.3, 0.4) is 0 Å². The Kier molecular flexibility index (Phi) is 5.43. The summed E-state index contributed by atoms with van der Waals surface area (Å²) in [6, 6.07) is 11.5. The second kappa shape index (κ2) is 7.17. The van der Waals surface area contributed by atoms with Gasteiger partial charge in [0.2, 0.25) is 0 Å². The first-order chi connectivity index (χ1) is 11.2. The monoisotopic (exact) mass is 386 g/mol. The molecule has 24 heavy (non-hydrogen) atoms. The molecule has 6 nitrogen and oxygen atoms in total. The molecule has 0 heterocycles. The van der Waals surface area contributed by atoms with Gasteiger partial charge in [-0.1, -0.05) is 65.1 Å². The Balaban J connectivity index is 2.50. The maximum absolute atomic E-state index is 12.6. The number of carbonyl (C=O) groups is 2. The molecule has 0 aliphatic carbocycles. The van der Waals surface area contributed by atoms with Crippen LogP contribution in [0.2, 0.25) is 0 Å². The van der Waals surface area contributed by atoms with E-state index in [0.29, 0.717) is 5.56 Å². The van der Waals surface area contributed by atoms with Crippen LogP contribution < -0.4 is 5.32 Å². The summed E-state index contributed by atoms with van der Waals surface area (Å²) in [6.07, 6.45) is 0. The standard InChI is InChI=1S/C15H9Cl3N2O4/c16-15(17,18)14(22)19-12-7-6-10(20(23)24)8-11(12)13(21)9-4-2-1-3-5-9/h1-8H,(H,19,22). The number of nitrogens with zero attached hydrogens (tertiary/aromatic N) is 1. The minimum atomic E-state index is -2.24. The third-order valence-electron chi connectivity index (χ3n) is 3.00. The number of nitrogens with one attached hydrogen (secondary N) is 1. The summed E-state index contributed by atoms with van der Waals surface area (Å²) >= 11 is 16.5. The highest BCUT2D eigenvalue weighted by Gasteiger charge is 2.32. The quantitative estimate of drug-likeness (QED) is 0.369. The van der Waals surface area contributed by atoms with Crippen molar-refractivity contribution >= 4 is 57.9 Å². The van der Waals surface area contributed by atoms with Crippen LogP contribution in [0, 0.1) is 10.1 Å². The predicted octanol–water partition coefficient (Wildman–Crippen LogP) is 4.13.